The number of rotatable bonds is 10. The van der Waals surface area contributed by atoms with Crippen molar-refractivity contribution >= 4 is 23.3 Å². The van der Waals surface area contributed by atoms with Gasteiger partial charge in [-0.1, -0.05) is 29.8 Å². The van der Waals surface area contributed by atoms with E-state index < -0.39 is 0 Å². The Balaban J connectivity index is 1.08. The van der Waals surface area contributed by atoms with Gasteiger partial charge in [-0.15, -0.1) is 0 Å². The third kappa shape index (κ3) is 7.32. The van der Waals surface area contributed by atoms with E-state index in [4.69, 9.17) is 19.2 Å². The molecule has 10 nitrogen and oxygen atoms in total. The molecule has 0 spiro atoms. The zero-order chi connectivity index (χ0) is 34.8. The van der Waals surface area contributed by atoms with Gasteiger partial charge in [-0.25, -0.2) is 4.98 Å². The minimum Gasteiger partial charge on any atom is -0.493 e. The van der Waals surface area contributed by atoms with Crippen LogP contribution in [-0.4, -0.2) is 99.3 Å². The lowest BCUT2D eigenvalue weighted by atomic mass is 9.84. The highest BCUT2D eigenvalue weighted by Gasteiger charge is 2.37. The first-order valence-corrected chi connectivity index (χ1v) is 18.3. The van der Waals surface area contributed by atoms with Crippen LogP contribution < -0.4 is 19.3 Å². The van der Waals surface area contributed by atoms with Gasteiger partial charge in [0.1, 0.15) is 12.4 Å². The molecule has 3 aliphatic heterocycles. The molecule has 3 aromatic rings. The van der Waals surface area contributed by atoms with Crippen LogP contribution in [0.25, 0.3) is 0 Å². The number of aromatic nitrogens is 1. The van der Waals surface area contributed by atoms with Crippen molar-refractivity contribution in [2.24, 2.45) is 5.92 Å². The number of anilines is 2. The normalized spacial score (nSPS) is 24.3. The topological polar surface area (TPSA) is 87.7 Å². The summed E-state index contributed by atoms with van der Waals surface area (Å²) >= 11 is 0. The molecule has 1 aromatic heterocycles. The molecule has 0 N–H and O–H groups in total. The monoisotopic (exact) mass is 681 g/mol. The van der Waals surface area contributed by atoms with Gasteiger partial charge in [0.15, 0.2) is 11.5 Å². The standard InChI is InChI=1S/C40H51N5O5/c1-27-7-11-29(12-8-27)40-34-22-36(50-26-33-6-5-19-49-33)35(48-4)20-30(34)21-38(46)45(40)32-15-16-37(41-23-32)43(3)24-28-9-13-31(14-10-28)44-18-17-42(2)39(47)25-44/h7-8,11-12,15-16,20,22-23,28,31,33,40H,5-6,9-10,13-14,17-19,21,24-26H2,1-4H3. The number of carbonyl (C=O) groups is 2. The smallest absolute Gasteiger partial charge is 0.236 e. The molecule has 0 radical (unpaired) electrons. The predicted molar refractivity (Wildman–Crippen MR) is 194 cm³/mol. The van der Waals surface area contributed by atoms with E-state index >= 15 is 0 Å². The van der Waals surface area contributed by atoms with Gasteiger partial charge in [0, 0.05) is 46.4 Å². The highest BCUT2D eigenvalue weighted by Crippen LogP contribution is 2.43. The van der Waals surface area contributed by atoms with Crippen molar-refractivity contribution in [3.63, 3.8) is 0 Å². The fraction of sp³-hybridized carbons (Fsp3) is 0.525. The van der Waals surface area contributed by atoms with Crippen LogP contribution in [0.2, 0.25) is 0 Å². The second kappa shape index (κ2) is 15.0. The lowest BCUT2D eigenvalue weighted by molar-refractivity contribution is -0.135. The summed E-state index contributed by atoms with van der Waals surface area (Å²) in [5.74, 6) is 3.02. The maximum Gasteiger partial charge on any atom is 0.236 e. The molecule has 10 heteroatoms. The lowest BCUT2D eigenvalue weighted by Gasteiger charge is -2.41. The van der Waals surface area contributed by atoms with Crippen molar-refractivity contribution in [1.29, 1.82) is 0 Å². The number of benzene rings is 2. The number of aryl methyl sites for hydroxylation is 1. The molecule has 50 heavy (non-hydrogen) atoms. The van der Waals surface area contributed by atoms with E-state index in [1.807, 2.05) is 41.2 Å². The molecule has 7 rings (SSSR count). The number of hydrogen-bond donors (Lipinski definition) is 0. The van der Waals surface area contributed by atoms with Crippen molar-refractivity contribution in [3.05, 3.63) is 77.0 Å². The maximum atomic E-state index is 14.0. The number of amides is 2. The summed E-state index contributed by atoms with van der Waals surface area (Å²) in [4.78, 5) is 39.5. The Kier molecular flexibility index (Phi) is 10.3. The van der Waals surface area contributed by atoms with Crippen molar-refractivity contribution in [2.75, 3.05) is 70.4 Å². The Hall–Kier alpha value is -4.15. The van der Waals surface area contributed by atoms with E-state index in [2.05, 4.69) is 54.1 Å². The van der Waals surface area contributed by atoms with Gasteiger partial charge in [-0.3, -0.25) is 19.4 Å². The molecule has 1 saturated carbocycles. The van der Waals surface area contributed by atoms with Crippen LogP contribution in [-0.2, 0) is 20.7 Å². The predicted octanol–water partition coefficient (Wildman–Crippen LogP) is 5.40. The Morgan fingerprint density at radius 1 is 0.960 bits per heavy atom. The van der Waals surface area contributed by atoms with Crippen molar-refractivity contribution in [3.8, 4) is 11.5 Å². The van der Waals surface area contributed by atoms with Gasteiger partial charge in [-0.2, -0.15) is 0 Å². The van der Waals surface area contributed by atoms with Crippen LogP contribution >= 0.6 is 0 Å². The van der Waals surface area contributed by atoms with Crippen LogP contribution in [0, 0.1) is 12.8 Å². The van der Waals surface area contributed by atoms with Crippen LogP contribution in [0.1, 0.15) is 66.8 Å². The molecule has 4 aliphatic rings. The summed E-state index contributed by atoms with van der Waals surface area (Å²) < 4.78 is 17.9. The molecule has 3 fully saturated rings. The van der Waals surface area contributed by atoms with Gasteiger partial charge >= 0.3 is 0 Å². The average molecular weight is 682 g/mol. The highest BCUT2D eigenvalue weighted by atomic mass is 16.5. The quantitative estimate of drug-likeness (QED) is 0.281. The number of ether oxygens (including phenoxy) is 3. The molecule has 266 valence electrons. The minimum absolute atomic E-state index is 0.0138. The molecule has 2 aromatic carbocycles. The van der Waals surface area contributed by atoms with E-state index in [0.29, 0.717) is 36.6 Å². The Morgan fingerprint density at radius 2 is 1.76 bits per heavy atom. The average Bonchev–Trinajstić information content (AvgIpc) is 3.66. The SMILES string of the molecule is COc1cc2c(cc1OCC1CCCO1)C(c1ccc(C)cc1)N(c1ccc(N(C)CC3CCC(N4CCN(C)C(=O)C4)CC3)nc1)C(=O)C2. The van der Waals surface area contributed by atoms with Crippen LogP contribution in [0.3, 0.4) is 0 Å². The molecular weight excluding hydrogens is 630 g/mol. The highest BCUT2D eigenvalue weighted by molar-refractivity contribution is 5.98. The first-order chi connectivity index (χ1) is 24.3. The second-order valence-corrected chi connectivity index (χ2v) is 14.6. The number of methoxy groups -OCH3 is 1. The van der Waals surface area contributed by atoms with Crippen LogP contribution in [0.15, 0.2) is 54.7 Å². The third-order valence-electron chi connectivity index (χ3n) is 11.2. The summed E-state index contributed by atoms with van der Waals surface area (Å²) in [6, 6.07) is 16.7. The maximum absolute atomic E-state index is 14.0. The van der Waals surface area contributed by atoms with E-state index in [9.17, 15) is 9.59 Å². The number of nitrogens with zero attached hydrogens (tertiary/aromatic N) is 5. The molecule has 4 heterocycles. The summed E-state index contributed by atoms with van der Waals surface area (Å²) in [6.45, 7) is 6.59. The first kappa shape index (κ1) is 34.3. The fourth-order valence-electron chi connectivity index (χ4n) is 8.17. The number of likely N-dealkylation sites (N-methyl/N-ethyl adjacent to an activating group) is 1. The summed E-state index contributed by atoms with van der Waals surface area (Å²) in [5.41, 5.74) is 4.92. The molecule has 2 amide bonds. The fourth-order valence-corrected chi connectivity index (χ4v) is 8.17. The van der Waals surface area contributed by atoms with Gasteiger partial charge in [0.2, 0.25) is 11.8 Å². The molecular formula is C40H51N5O5. The zero-order valence-electron chi connectivity index (χ0n) is 30.0. The number of carbonyl (C=O) groups excluding carboxylic acids is 2. The van der Waals surface area contributed by atoms with Crippen molar-refractivity contribution in [2.45, 2.75) is 70.1 Å². The van der Waals surface area contributed by atoms with Gasteiger partial charge < -0.3 is 24.0 Å². The van der Waals surface area contributed by atoms with Crippen molar-refractivity contribution in [1.82, 2.24) is 14.8 Å². The Bertz CT molecular complexity index is 1650. The van der Waals surface area contributed by atoms with Gasteiger partial charge in [0.05, 0.1) is 44.1 Å². The summed E-state index contributed by atoms with van der Waals surface area (Å²) in [6.07, 6.45) is 8.78. The lowest BCUT2D eigenvalue weighted by Crippen LogP contribution is -2.53. The molecule has 0 bridgehead atoms. The minimum atomic E-state index is -0.348. The van der Waals surface area contributed by atoms with E-state index in [1.165, 1.54) is 0 Å². The number of hydrogen-bond acceptors (Lipinski definition) is 8. The number of piperazine rings is 1. The van der Waals surface area contributed by atoms with Gasteiger partial charge in [0.25, 0.3) is 0 Å². The zero-order valence-corrected chi connectivity index (χ0v) is 30.0. The van der Waals surface area contributed by atoms with Crippen LogP contribution in [0.5, 0.6) is 11.5 Å². The second-order valence-electron chi connectivity index (χ2n) is 14.6. The molecule has 2 unspecified atom stereocenters. The molecule has 1 aliphatic carbocycles. The first-order valence-electron chi connectivity index (χ1n) is 18.3. The largest absolute Gasteiger partial charge is 0.493 e. The summed E-state index contributed by atoms with van der Waals surface area (Å²) in [7, 11) is 5.65. The van der Waals surface area contributed by atoms with Crippen LogP contribution in [0.4, 0.5) is 11.5 Å². The number of fused-ring (bicyclic) bond motifs is 1. The van der Waals surface area contributed by atoms with Crippen molar-refractivity contribution < 1.29 is 23.8 Å². The Labute approximate surface area is 296 Å². The van der Waals surface area contributed by atoms with E-state index in [-0.39, 0.29) is 30.4 Å². The Morgan fingerprint density at radius 3 is 2.44 bits per heavy atom. The summed E-state index contributed by atoms with van der Waals surface area (Å²) in [5, 5.41) is 0. The van der Waals surface area contributed by atoms with E-state index in [0.717, 1.165) is 98.5 Å². The van der Waals surface area contributed by atoms with Gasteiger partial charge in [-0.05, 0) is 92.3 Å². The third-order valence-corrected chi connectivity index (χ3v) is 11.2. The number of pyridine rings is 1. The molecule has 2 saturated heterocycles. The molecule has 2 atom stereocenters. The van der Waals surface area contributed by atoms with E-state index in [1.54, 1.807) is 7.11 Å².